The molecule has 0 aliphatic carbocycles. The molecule has 1 aliphatic heterocycles. The smallest absolute Gasteiger partial charge is 0.308 e. The van der Waals surface area contributed by atoms with Crippen LogP contribution in [0.3, 0.4) is 0 Å². The molecule has 5 heteroatoms. The van der Waals surface area contributed by atoms with Crippen LogP contribution in [0.2, 0.25) is 0 Å². The summed E-state index contributed by atoms with van der Waals surface area (Å²) in [5.74, 6) is -0.683. The summed E-state index contributed by atoms with van der Waals surface area (Å²) in [7, 11) is 0. The second kappa shape index (κ2) is 7.25. The van der Waals surface area contributed by atoms with E-state index >= 15 is 0 Å². The van der Waals surface area contributed by atoms with Gasteiger partial charge in [-0.05, 0) is 36.6 Å². The number of carbonyl (C=O) groups is 2. The number of carbonyl (C=O) groups excluding carboxylic acids is 1. The molecule has 0 bridgehead atoms. The number of hydrogen-bond acceptors (Lipinski definition) is 3. The predicted molar refractivity (Wildman–Crippen MR) is 82.7 cm³/mol. The summed E-state index contributed by atoms with van der Waals surface area (Å²) in [4.78, 5) is 25.1. The van der Waals surface area contributed by atoms with Gasteiger partial charge in [0.1, 0.15) is 0 Å². The maximum Gasteiger partial charge on any atom is 0.308 e. The third-order valence-electron chi connectivity index (χ3n) is 4.73. The normalized spacial score (nSPS) is 24.1. The van der Waals surface area contributed by atoms with Gasteiger partial charge in [-0.3, -0.25) is 9.59 Å². The number of carboxylic acid groups (broad SMARTS) is 1. The average molecular weight is 298 g/mol. The number of rotatable bonds is 6. The lowest BCUT2D eigenvalue weighted by atomic mass is 9.76. The molecule has 3 unspecified atom stereocenters. The van der Waals surface area contributed by atoms with Crippen LogP contribution in [0.25, 0.3) is 0 Å². The van der Waals surface area contributed by atoms with E-state index in [1.807, 2.05) is 6.92 Å². The second-order valence-corrected chi connectivity index (χ2v) is 7.40. The summed E-state index contributed by atoms with van der Waals surface area (Å²) in [6.07, 6.45) is 2.23. The van der Waals surface area contributed by atoms with E-state index in [4.69, 9.17) is 10.8 Å². The number of nitrogens with zero attached hydrogens (tertiary/aromatic N) is 1. The average Bonchev–Trinajstić information content (AvgIpc) is 2.75. The molecule has 3 atom stereocenters. The Morgan fingerprint density at radius 3 is 2.33 bits per heavy atom. The van der Waals surface area contributed by atoms with Gasteiger partial charge in [-0.25, -0.2) is 0 Å². The molecule has 1 rings (SSSR count). The van der Waals surface area contributed by atoms with Crippen molar-refractivity contribution in [3.63, 3.8) is 0 Å². The minimum Gasteiger partial charge on any atom is -0.481 e. The van der Waals surface area contributed by atoms with E-state index in [2.05, 4.69) is 20.8 Å². The summed E-state index contributed by atoms with van der Waals surface area (Å²) in [6, 6.07) is 0. The summed E-state index contributed by atoms with van der Waals surface area (Å²) >= 11 is 0. The van der Waals surface area contributed by atoms with Gasteiger partial charge in [-0.15, -0.1) is 0 Å². The molecular formula is C16H30N2O3. The molecule has 1 heterocycles. The van der Waals surface area contributed by atoms with Crippen molar-refractivity contribution in [2.45, 2.75) is 47.0 Å². The molecule has 1 amide bonds. The van der Waals surface area contributed by atoms with Gasteiger partial charge in [0.2, 0.25) is 5.91 Å². The zero-order valence-electron chi connectivity index (χ0n) is 13.8. The first-order valence-corrected chi connectivity index (χ1v) is 7.87. The number of carboxylic acids is 1. The molecule has 21 heavy (non-hydrogen) atoms. The molecule has 0 radical (unpaired) electrons. The molecule has 1 fully saturated rings. The van der Waals surface area contributed by atoms with Crippen LogP contribution in [0.5, 0.6) is 0 Å². The summed E-state index contributed by atoms with van der Waals surface area (Å²) in [6.45, 7) is 9.98. The van der Waals surface area contributed by atoms with Crippen molar-refractivity contribution >= 4 is 11.9 Å². The topological polar surface area (TPSA) is 83.6 Å². The number of nitrogens with two attached hydrogens (primary N) is 1. The zero-order chi connectivity index (χ0) is 16.2. The highest BCUT2D eigenvalue weighted by atomic mass is 16.4. The van der Waals surface area contributed by atoms with Crippen LogP contribution in [0, 0.1) is 23.2 Å². The SMILES string of the molecule is CC1CN(C(=O)CCC(CCN)C(C)(C)C)CC1C(=O)O. The molecule has 0 aromatic heterocycles. The lowest BCUT2D eigenvalue weighted by Gasteiger charge is -2.31. The first-order valence-electron chi connectivity index (χ1n) is 7.87. The second-order valence-electron chi connectivity index (χ2n) is 7.40. The monoisotopic (exact) mass is 298 g/mol. The van der Waals surface area contributed by atoms with Crippen molar-refractivity contribution in [3.8, 4) is 0 Å². The van der Waals surface area contributed by atoms with E-state index in [1.165, 1.54) is 0 Å². The molecule has 3 N–H and O–H groups in total. The van der Waals surface area contributed by atoms with Crippen molar-refractivity contribution in [1.29, 1.82) is 0 Å². The van der Waals surface area contributed by atoms with Crippen LogP contribution in [0.1, 0.15) is 47.0 Å². The van der Waals surface area contributed by atoms with Crippen molar-refractivity contribution in [1.82, 2.24) is 4.90 Å². The van der Waals surface area contributed by atoms with Crippen LogP contribution in [0.15, 0.2) is 0 Å². The Morgan fingerprint density at radius 2 is 1.90 bits per heavy atom. The van der Waals surface area contributed by atoms with Gasteiger partial charge in [-0.2, -0.15) is 0 Å². The van der Waals surface area contributed by atoms with Crippen LogP contribution >= 0.6 is 0 Å². The number of amides is 1. The van der Waals surface area contributed by atoms with Crippen molar-refractivity contribution in [2.24, 2.45) is 28.9 Å². The van der Waals surface area contributed by atoms with Crippen molar-refractivity contribution in [3.05, 3.63) is 0 Å². The van der Waals surface area contributed by atoms with Crippen molar-refractivity contribution < 1.29 is 14.7 Å². The first-order chi connectivity index (χ1) is 9.66. The molecule has 5 nitrogen and oxygen atoms in total. The number of likely N-dealkylation sites (tertiary alicyclic amines) is 1. The largest absolute Gasteiger partial charge is 0.481 e. The highest BCUT2D eigenvalue weighted by Crippen LogP contribution is 2.33. The Morgan fingerprint density at radius 1 is 1.29 bits per heavy atom. The summed E-state index contributed by atoms with van der Waals surface area (Å²) < 4.78 is 0. The van der Waals surface area contributed by atoms with E-state index in [0.29, 0.717) is 32.0 Å². The Kier molecular flexibility index (Phi) is 6.20. The number of aliphatic carboxylic acids is 1. The van der Waals surface area contributed by atoms with E-state index < -0.39 is 11.9 Å². The van der Waals surface area contributed by atoms with Gasteiger partial charge in [0.05, 0.1) is 5.92 Å². The van der Waals surface area contributed by atoms with E-state index in [1.54, 1.807) is 4.90 Å². The van der Waals surface area contributed by atoms with Crippen LogP contribution in [0.4, 0.5) is 0 Å². The quantitative estimate of drug-likeness (QED) is 0.785. The minimum absolute atomic E-state index is 0.0360. The van der Waals surface area contributed by atoms with Gasteiger partial charge >= 0.3 is 5.97 Å². The maximum atomic E-state index is 12.3. The molecule has 0 saturated carbocycles. The fourth-order valence-electron chi connectivity index (χ4n) is 3.16. The molecule has 0 aromatic rings. The zero-order valence-corrected chi connectivity index (χ0v) is 13.8. The molecule has 0 spiro atoms. The van der Waals surface area contributed by atoms with E-state index in [9.17, 15) is 9.59 Å². The van der Waals surface area contributed by atoms with Gasteiger partial charge in [-0.1, -0.05) is 27.7 Å². The van der Waals surface area contributed by atoms with E-state index in [0.717, 1.165) is 12.8 Å². The van der Waals surface area contributed by atoms with Gasteiger partial charge in [0, 0.05) is 19.5 Å². The Bertz CT molecular complexity index is 376. The molecule has 122 valence electrons. The first kappa shape index (κ1) is 18.0. The molecule has 1 aliphatic rings. The maximum absolute atomic E-state index is 12.3. The Labute approximate surface area is 127 Å². The Balaban J connectivity index is 2.52. The predicted octanol–water partition coefficient (Wildman–Crippen LogP) is 1.96. The van der Waals surface area contributed by atoms with Crippen LogP contribution < -0.4 is 5.73 Å². The van der Waals surface area contributed by atoms with Crippen LogP contribution in [-0.4, -0.2) is 41.5 Å². The van der Waals surface area contributed by atoms with Gasteiger partial charge in [0.15, 0.2) is 0 Å². The molecule has 0 aromatic carbocycles. The van der Waals surface area contributed by atoms with Gasteiger partial charge < -0.3 is 15.7 Å². The van der Waals surface area contributed by atoms with Gasteiger partial charge in [0.25, 0.3) is 0 Å². The van der Waals surface area contributed by atoms with Crippen LogP contribution in [-0.2, 0) is 9.59 Å². The molecular weight excluding hydrogens is 268 g/mol. The summed E-state index contributed by atoms with van der Waals surface area (Å²) in [5, 5.41) is 9.13. The number of hydrogen-bond donors (Lipinski definition) is 2. The third-order valence-corrected chi connectivity index (χ3v) is 4.73. The van der Waals surface area contributed by atoms with Crippen molar-refractivity contribution in [2.75, 3.05) is 19.6 Å². The fourth-order valence-corrected chi connectivity index (χ4v) is 3.16. The third kappa shape index (κ3) is 4.99. The lowest BCUT2D eigenvalue weighted by molar-refractivity contribution is -0.142. The Hall–Kier alpha value is -1.10. The summed E-state index contributed by atoms with van der Waals surface area (Å²) in [5.41, 5.74) is 5.80. The highest BCUT2D eigenvalue weighted by Gasteiger charge is 2.37. The lowest BCUT2D eigenvalue weighted by Crippen LogP contribution is -2.31. The standard InChI is InChI=1S/C16H30N2O3/c1-11-9-18(10-13(11)15(20)21)14(19)6-5-12(7-8-17)16(2,3)4/h11-13H,5-10,17H2,1-4H3,(H,20,21). The fraction of sp³-hybridized carbons (Fsp3) is 0.875. The minimum atomic E-state index is -0.798. The molecule has 1 saturated heterocycles. The van der Waals surface area contributed by atoms with E-state index in [-0.39, 0.29) is 17.2 Å². The highest BCUT2D eigenvalue weighted by molar-refractivity contribution is 5.79.